The highest BCUT2D eigenvalue weighted by Gasteiger charge is 2.17. The molecule has 0 saturated carbocycles. The van der Waals surface area contributed by atoms with Crippen LogP contribution in [0.3, 0.4) is 0 Å². The van der Waals surface area contributed by atoms with Crippen LogP contribution in [-0.4, -0.2) is 11.3 Å². The zero-order valence-electron chi connectivity index (χ0n) is 10.7. The van der Waals surface area contributed by atoms with Gasteiger partial charge in [-0.1, -0.05) is 36.7 Å². The first-order valence-electron chi connectivity index (χ1n) is 5.97. The Balaban J connectivity index is 2.42. The molecule has 0 fully saturated rings. The smallest absolute Gasteiger partial charge is 0.346 e. The topological polar surface area (TPSA) is 77.5 Å². The summed E-state index contributed by atoms with van der Waals surface area (Å²) in [5, 5.41) is 4.05. The van der Waals surface area contributed by atoms with Crippen LogP contribution in [0.1, 0.15) is 13.3 Å². The van der Waals surface area contributed by atoms with Crippen molar-refractivity contribution in [3.8, 4) is 5.95 Å². The van der Waals surface area contributed by atoms with Crippen LogP contribution < -0.4 is 21.4 Å². The second kappa shape index (κ2) is 6.11. The largest absolute Gasteiger partial charge is 0.440 e. The normalized spacial score (nSPS) is 12.1. The molecule has 0 aliphatic rings. The number of ether oxygens (including phenoxy) is 1. The second-order valence-corrected chi connectivity index (χ2v) is 4.88. The molecule has 5 nitrogen and oxygen atoms in total. The van der Waals surface area contributed by atoms with Gasteiger partial charge in [-0.15, -0.1) is 0 Å². The Kier molecular flexibility index (Phi) is 4.46. The summed E-state index contributed by atoms with van der Waals surface area (Å²) in [5.41, 5.74) is 4.89. The van der Waals surface area contributed by atoms with E-state index in [1.165, 1.54) is 0 Å². The maximum absolute atomic E-state index is 11.9. The lowest BCUT2D eigenvalue weighted by Gasteiger charge is -2.18. The van der Waals surface area contributed by atoms with Gasteiger partial charge in [0, 0.05) is 11.8 Å². The van der Waals surface area contributed by atoms with Gasteiger partial charge in [-0.3, -0.25) is 0 Å². The minimum atomic E-state index is -0.519. The van der Waals surface area contributed by atoms with Crippen molar-refractivity contribution in [1.82, 2.24) is 5.32 Å². The van der Waals surface area contributed by atoms with Crippen molar-refractivity contribution < 1.29 is 9.15 Å². The summed E-state index contributed by atoms with van der Waals surface area (Å²) in [6.45, 7) is 1.86. The van der Waals surface area contributed by atoms with E-state index in [9.17, 15) is 4.79 Å². The Morgan fingerprint density at radius 3 is 2.75 bits per heavy atom. The predicted octanol–water partition coefficient (Wildman–Crippen LogP) is 2.39. The zero-order valence-corrected chi connectivity index (χ0v) is 12.3. The number of rotatable bonds is 4. The molecular formula is C13H13ClN2O3S. The first-order chi connectivity index (χ1) is 9.52. The fraction of sp³-hybridized carbons (Fsp3) is 0.231. The highest BCUT2D eigenvalue weighted by Crippen LogP contribution is 2.31. The average Bonchev–Trinajstić information content (AvgIpc) is 2.43. The Bertz CT molecular complexity index is 702. The third-order valence-corrected chi connectivity index (χ3v) is 3.15. The molecule has 106 valence electrons. The molecule has 1 heterocycles. The van der Waals surface area contributed by atoms with Gasteiger partial charge >= 0.3 is 11.6 Å². The molecule has 0 bridgehead atoms. The molecule has 0 spiro atoms. The molecule has 0 radical (unpaired) electrons. The van der Waals surface area contributed by atoms with Gasteiger partial charge in [0.25, 0.3) is 0 Å². The molecule has 0 amide bonds. The van der Waals surface area contributed by atoms with Gasteiger partial charge in [-0.2, -0.15) is 0 Å². The fourth-order valence-electron chi connectivity index (χ4n) is 1.72. The minimum absolute atomic E-state index is 0.0500. The average molecular weight is 313 g/mol. The van der Waals surface area contributed by atoms with E-state index >= 15 is 0 Å². The van der Waals surface area contributed by atoms with Crippen LogP contribution in [-0.2, 0) is 0 Å². The van der Waals surface area contributed by atoms with Gasteiger partial charge in [0.1, 0.15) is 5.02 Å². The fourth-order valence-corrected chi connectivity index (χ4v) is 2.10. The highest BCUT2D eigenvalue weighted by molar-refractivity contribution is 7.80. The third-order valence-electron chi connectivity index (χ3n) is 2.67. The van der Waals surface area contributed by atoms with Crippen molar-refractivity contribution in [3.05, 3.63) is 39.7 Å². The number of hydrogen-bond donors (Lipinski definition) is 2. The summed E-state index contributed by atoms with van der Waals surface area (Å²) in [5.74, 6) is -0.0500. The maximum Gasteiger partial charge on any atom is 0.346 e. The minimum Gasteiger partial charge on any atom is -0.440 e. The molecule has 7 heteroatoms. The Morgan fingerprint density at radius 1 is 1.50 bits per heavy atom. The highest BCUT2D eigenvalue weighted by atomic mass is 35.5. The summed E-state index contributed by atoms with van der Waals surface area (Å²) < 4.78 is 10.6. The molecule has 0 aliphatic carbocycles. The Morgan fingerprint density at radius 2 is 2.15 bits per heavy atom. The maximum atomic E-state index is 11.9. The van der Waals surface area contributed by atoms with E-state index in [1.54, 1.807) is 24.3 Å². The van der Waals surface area contributed by atoms with Gasteiger partial charge < -0.3 is 20.2 Å². The number of nitrogens with two attached hydrogens (primary N) is 1. The first kappa shape index (κ1) is 14.6. The van der Waals surface area contributed by atoms with Crippen LogP contribution in [0.15, 0.2) is 33.5 Å². The standard InChI is InChI=1S/C13H13ClN2O3S/c1-2-9(16-13(15)20)18-12-10(14)7-5-3-4-6-8(7)11(17)19-12/h3-6,9H,2H2,1H3,(H3,15,16,20). The summed E-state index contributed by atoms with van der Waals surface area (Å²) in [4.78, 5) is 11.9. The van der Waals surface area contributed by atoms with E-state index in [1.807, 2.05) is 6.92 Å². The van der Waals surface area contributed by atoms with Gasteiger partial charge in [-0.25, -0.2) is 4.79 Å². The molecule has 1 aromatic carbocycles. The molecule has 3 N–H and O–H groups in total. The molecule has 1 unspecified atom stereocenters. The third kappa shape index (κ3) is 3.02. The number of benzene rings is 1. The van der Waals surface area contributed by atoms with Gasteiger partial charge in [0.15, 0.2) is 11.3 Å². The molecule has 1 atom stereocenters. The second-order valence-electron chi connectivity index (χ2n) is 4.06. The molecule has 0 saturated heterocycles. The van der Waals surface area contributed by atoms with Crippen molar-refractivity contribution in [2.24, 2.45) is 5.73 Å². The first-order valence-corrected chi connectivity index (χ1v) is 6.75. The van der Waals surface area contributed by atoms with E-state index in [0.717, 1.165) is 0 Å². The zero-order chi connectivity index (χ0) is 14.7. The SMILES string of the molecule is CCC(NC(N)=S)Oc1oc(=O)c2ccccc2c1Cl. The molecule has 1 aromatic heterocycles. The number of nitrogens with one attached hydrogen (secondary N) is 1. The van der Waals surface area contributed by atoms with Gasteiger partial charge in [0.2, 0.25) is 0 Å². The molecule has 2 aromatic rings. The van der Waals surface area contributed by atoms with Crippen LogP contribution in [0, 0.1) is 0 Å². The van der Waals surface area contributed by atoms with Crippen LogP contribution >= 0.6 is 23.8 Å². The van der Waals surface area contributed by atoms with Crippen molar-refractivity contribution in [2.45, 2.75) is 19.6 Å². The lowest BCUT2D eigenvalue weighted by atomic mass is 10.2. The lowest BCUT2D eigenvalue weighted by molar-refractivity contribution is 0.135. The van der Waals surface area contributed by atoms with Gasteiger partial charge in [0.05, 0.1) is 5.39 Å². The monoisotopic (exact) mass is 312 g/mol. The number of hydrogen-bond acceptors (Lipinski definition) is 4. The summed E-state index contributed by atoms with van der Waals surface area (Å²) in [7, 11) is 0. The number of halogens is 1. The quantitative estimate of drug-likeness (QED) is 0.667. The van der Waals surface area contributed by atoms with Crippen LogP contribution in [0.4, 0.5) is 0 Å². The number of thiocarbonyl (C=S) groups is 1. The molecular weight excluding hydrogens is 300 g/mol. The molecule has 0 aliphatic heterocycles. The summed E-state index contributed by atoms with van der Waals surface area (Å²) >= 11 is 11.0. The van der Waals surface area contributed by atoms with E-state index in [-0.39, 0.29) is 16.1 Å². The summed E-state index contributed by atoms with van der Waals surface area (Å²) in [6.07, 6.45) is 0.0406. The van der Waals surface area contributed by atoms with E-state index in [0.29, 0.717) is 17.2 Å². The van der Waals surface area contributed by atoms with Crippen molar-refractivity contribution >= 4 is 39.7 Å². The van der Waals surface area contributed by atoms with E-state index in [2.05, 4.69) is 5.32 Å². The van der Waals surface area contributed by atoms with Crippen LogP contribution in [0.5, 0.6) is 5.95 Å². The summed E-state index contributed by atoms with van der Waals surface area (Å²) in [6, 6.07) is 6.88. The molecule has 2 rings (SSSR count). The predicted molar refractivity (Wildman–Crippen MR) is 82.1 cm³/mol. The molecule has 20 heavy (non-hydrogen) atoms. The van der Waals surface area contributed by atoms with Crippen molar-refractivity contribution in [2.75, 3.05) is 0 Å². The van der Waals surface area contributed by atoms with Crippen molar-refractivity contribution in [1.29, 1.82) is 0 Å². The Hall–Kier alpha value is -1.79. The van der Waals surface area contributed by atoms with Crippen molar-refractivity contribution in [3.63, 3.8) is 0 Å². The van der Waals surface area contributed by atoms with Gasteiger partial charge in [-0.05, 0) is 18.3 Å². The van der Waals surface area contributed by atoms with E-state index in [4.69, 9.17) is 38.7 Å². The van der Waals surface area contributed by atoms with E-state index < -0.39 is 11.9 Å². The lowest BCUT2D eigenvalue weighted by Crippen LogP contribution is -2.41. The Labute approximate surface area is 125 Å². The van der Waals surface area contributed by atoms with Crippen LogP contribution in [0.2, 0.25) is 5.02 Å². The number of fused-ring (bicyclic) bond motifs is 1. The van der Waals surface area contributed by atoms with Crippen LogP contribution in [0.25, 0.3) is 10.8 Å².